The molecule has 0 saturated heterocycles. The van der Waals surface area contributed by atoms with Gasteiger partial charge in [0.25, 0.3) is 0 Å². The van der Waals surface area contributed by atoms with Crippen LogP contribution in [0.2, 0.25) is 0 Å². The highest BCUT2D eigenvalue weighted by Crippen LogP contribution is 2.15. The molecule has 7 nitrogen and oxygen atoms in total. The minimum atomic E-state index is -1.31. The number of aromatic carboxylic acids is 1. The van der Waals surface area contributed by atoms with Crippen LogP contribution >= 0.6 is 0 Å². The number of benzene rings is 1. The quantitative estimate of drug-likeness (QED) is 0.515. The van der Waals surface area contributed by atoms with Gasteiger partial charge in [0.05, 0.1) is 34.6 Å². The summed E-state index contributed by atoms with van der Waals surface area (Å²) in [6.45, 7) is 3.83. The molecule has 0 amide bonds. The fourth-order valence-electron chi connectivity index (χ4n) is 2.39. The van der Waals surface area contributed by atoms with E-state index in [9.17, 15) is 19.8 Å². The molecule has 1 heterocycles. The first-order valence-corrected chi connectivity index (χ1v) is 8.94. The molecule has 29 heavy (non-hydrogen) atoms. The van der Waals surface area contributed by atoms with E-state index in [0.717, 1.165) is 6.42 Å². The van der Waals surface area contributed by atoms with Crippen LogP contribution in [0.3, 0.4) is 0 Å². The average Bonchev–Trinajstić information content (AvgIpc) is 2.71. The van der Waals surface area contributed by atoms with E-state index in [0.29, 0.717) is 11.4 Å². The van der Waals surface area contributed by atoms with Gasteiger partial charge in [-0.25, -0.2) is 19.6 Å². The van der Waals surface area contributed by atoms with Crippen LogP contribution in [-0.2, 0) is 4.79 Å². The van der Waals surface area contributed by atoms with E-state index < -0.39 is 11.9 Å². The molecular weight excluding hydrogens is 370 g/mol. The minimum Gasteiger partial charge on any atom is -0.478 e. The first-order chi connectivity index (χ1) is 13.9. The highest BCUT2D eigenvalue weighted by molar-refractivity contribution is 6.42. The van der Waals surface area contributed by atoms with Crippen molar-refractivity contribution in [1.82, 2.24) is 4.98 Å². The number of aliphatic carboxylic acids is 1. The van der Waals surface area contributed by atoms with Gasteiger partial charge in [0.2, 0.25) is 0 Å². The molecule has 2 rings (SSSR count). The molecule has 0 aliphatic rings. The van der Waals surface area contributed by atoms with Crippen LogP contribution in [0.25, 0.3) is 0 Å². The second-order valence-electron chi connectivity index (χ2n) is 5.87. The Hall–Kier alpha value is -3.87. The van der Waals surface area contributed by atoms with E-state index in [1.807, 2.05) is 32.1 Å². The molecule has 0 spiro atoms. The SMILES string of the molecule is C/C=C\C(=C/CC)N=Cc1cc(C(=O)O)cc(C(=Nc2ccccc2)C(=O)O)n1. The summed E-state index contributed by atoms with van der Waals surface area (Å²) >= 11 is 0. The second kappa shape index (κ2) is 10.5. The topological polar surface area (TPSA) is 112 Å². The number of carboxylic acids is 2. The van der Waals surface area contributed by atoms with Gasteiger partial charge in [-0.15, -0.1) is 0 Å². The zero-order chi connectivity index (χ0) is 21.2. The number of nitrogens with zero attached hydrogens (tertiary/aromatic N) is 3. The van der Waals surface area contributed by atoms with Crippen molar-refractivity contribution >= 4 is 29.6 Å². The minimum absolute atomic E-state index is 0.0604. The largest absolute Gasteiger partial charge is 0.478 e. The number of hydrogen-bond donors (Lipinski definition) is 2. The number of allylic oxidation sites excluding steroid dienone is 3. The summed E-state index contributed by atoms with van der Waals surface area (Å²) in [5.41, 5.74) is 0.805. The number of pyridine rings is 1. The molecule has 0 unspecified atom stereocenters. The van der Waals surface area contributed by atoms with Crippen LogP contribution in [0.5, 0.6) is 0 Å². The lowest BCUT2D eigenvalue weighted by atomic mass is 10.1. The molecule has 0 radical (unpaired) electrons. The third-order valence-corrected chi connectivity index (χ3v) is 3.63. The van der Waals surface area contributed by atoms with Crippen LogP contribution in [0.15, 0.2) is 76.4 Å². The predicted molar refractivity (Wildman–Crippen MR) is 112 cm³/mol. The third-order valence-electron chi connectivity index (χ3n) is 3.63. The van der Waals surface area contributed by atoms with Crippen molar-refractivity contribution in [3.63, 3.8) is 0 Å². The lowest BCUT2D eigenvalue weighted by Gasteiger charge is -2.05. The van der Waals surface area contributed by atoms with Crippen molar-refractivity contribution in [2.24, 2.45) is 9.98 Å². The Morgan fingerprint density at radius 3 is 2.45 bits per heavy atom. The summed E-state index contributed by atoms with van der Waals surface area (Å²) in [7, 11) is 0. The van der Waals surface area contributed by atoms with E-state index in [1.165, 1.54) is 18.3 Å². The summed E-state index contributed by atoms with van der Waals surface area (Å²) in [6, 6.07) is 11.0. The standard InChI is InChI=1S/C22H21N3O4/c1-3-8-16(9-4-2)23-14-18-12-15(21(26)27)13-19(24-18)20(22(28)29)25-17-10-6-5-7-11-17/h3,5-14H,4H2,1-2H3,(H,26,27)(H,28,29)/b8-3-,16-9+,23-14?,25-20?. The number of carbonyl (C=O) groups is 2. The van der Waals surface area contributed by atoms with Gasteiger partial charge >= 0.3 is 11.9 Å². The Balaban J connectivity index is 2.56. The summed E-state index contributed by atoms with van der Waals surface area (Å²) in [4.78, 5) is 36.0. The Labute approximate surface area is 168 Å². The van der Waals surface area contributed by atoms with Crippen LogP contribution in [0.4, 0.5) is 5.69 Å². The van der Waals surface area contributed by atoms with E-state index >= 15 is 0 Å². The zero-order valence-electron chi connectivity index (χ0n) is 16.1. The number of carboxylic acid groups (broad SMARTS) is 2. The van der Waals surface area contributed by atoms with Crippen molar-refractivity contribution in [2.75, 3.05) is 0 Å². The lowest BCUT2D eigenvalue weighted by Crippen LogP contribution is -2.18. The van der Waals surface area contributed by atoms with E-state index in [1.54, 1.807) is 30.3 Å². The van der Waals surface area contributed by atoms with E-state index in [-0.39, 0.29) is 22.7 Å². The van der Waals surface area contributed by atoms with Crippen LogP contribution in [-0.4, -0.2) is 39.1 Å². The van der Waals surface area contributed by atoms with Crippen molar-refractivity contribution in [2.45, 2.75) is 20.3 Å². The van der Waals surface area contributed by atoms with Gasteiger partial charge in [-0.3, -0.25) is 4.99 Å². The van der Waals surface area contributed by atoms with Gasteiger partial charge in [0.15, 0.2) is 5.71 Å². The van der Waals surface area contributed by atoms with Gasteiger partial charge < -0.3 is 10.2 Å². The fraction of sp³-hybridized carbons (Fsp3) is 0.136. The number of rotatable bonds is 8. The highest BCUT2D eigenvalue weighted by Gasteiger charge is 2.18. The van der Waals surface area contributed by atoms with Crippen LogP contribution in [0, 0.1) is 0 Å². The van der Waals surface area contributed by atoms with Gasteiger partial charge in [-0.05, 0) is 43.7 Å². The summed E-state index contributed by atoms with van der Waals surface area (Å²) in [5, 5.41) is 19.0. The molecule has 148 valence electrons. The normalized spacial score (nSPS) is 12.6. The molecule has 2 N–H and O–H groups in total. The molecule has 0 aliphatic carbocycles. The molecular formula is C22H21N3O4. The maximum Gasteiger partial charge on any atom is 0.356 e. The Morgan fingerprint density at radius 1 is 1.14 bits per heavy atom. The fourth-order valence-corrected chi connectivity index (χ4v) is 2.39. The molecule has 0 aliphatic heterocycles. The molecule has 0 saturated carbocycles. The van der Waals surface area contributed by atoms with Crippen molar-refractivity contribution < 1.29 is 19.8 Å². The first kappa shape index (κ1) is 21.4. The smallest absolute Gasteiger partial charge is 0.356 e. The molecule has 0 bridgehead atoms. The number of para-hydroxylation sites is 1. The van der Waals surface area contributed by atoms with Crippen molar-refractivity contribution in [3.05, 3.63) is 83.3 Å². The van der Waals surface area contributed by atoms with Crippen molar-refractivity contribution in [3.8, 4) is 0 Å². The zero-order valence-corrected chi connectivity index (χ0v) is 16.1. The second-order valence-corrected chi connectivity index (χ2v) is 5.87. The average molecular weight is 391 g/mol. The van der Waals surface area contributed by atoms with Gasteiger partial charge in [-0.2, -0.15) is 0 Å². The lowest BCUT2D eigenvalue weighted by molar-refractivity contribution is -0.129. The maximum atomic E-state index is 11.8. The van der Waals surface area contributed by atoms with Gasteiger partial charge in [0, 0.05) is 0 Å². The summed E-state index contributed by atoms with van der Waals surface area (Å²) in [5.74, 6) is -2.52. The molecule has 7 heteroatoms. The maximum absolute atomic E-state index is 11.8. The van der Waals surface area contributed by atoms with Crippen molar-refractivity contribution in [1.29, 1.82) is 0 Å². The highest BCUT2D eigenvalue weighted by atomic mass is 16.4. The molecule has 2 aromatic rings. The Morgan fingerprint density at radius 2 is 1.86 bits per heavy atom. The first-order valence-electron chi connectivity index (χ1n) is 8.94. The van der Waals surface area contributed by atoms with E-state index in [2.05, 4.69) is 15.0 Å². The predicted octanol–water partition coefficient (Wildman–Crippen LogP) is 4.27. The molecule has 1 aromatic carbocycles. The molecule has 0 atom stereocenters. The van der Waals surface area contributed by atoms with Crippen LogP contribution < -0.4 is 0 Å². The Bertz CT molecular complexity index is 1010. The van der Waals surface area contributed by atoms with E-state index in [4.69, 9.17) is 0 Å². The van der Waals surface area contributed by atoms with Gasteiger partial charge in [-0.1, -0.05) is 37.3 Å². The Kier molecular flexibility index (Phi) is 7.73. The number of aromatic nitrogens is 1. The van der Waals surface area contributed by atoms with Gasteiger partial charge in [0.1, 0.15) is 0 Å². The van der Waals surface area contributed by atoms with Crippen LogP contribution in [0.1, 0.15) is 42.0 Å². The molecule has 1 aromatic heterocycles. The molecule has 0 fully saturated rings. The third kappa shape index (κ3) is 6.35. The monoisotopic (exact) mass is 391 g/mol. The number of hydrogen-bond acceptors (Lipinski definition) is 5. The summed E-state index contributed by atoms with van der Waals surface area (Å²) < 4.78 is 0. The summed E-state index contributed by atoms with van der Waals surface area (Å²) in [6.07, 6.45) is 7.72. The number of aliphatic imine (C=N–C) groups is 2.